The van der Waals surface area contributed by atoms with Crippen LogP contribution in [0.5, 0.6) is 5.88 Å². The van der Waals surface area contributed by atoms with Gasteiger partial charge in [0.1, 0.15) is 11.9 Å². The monoisotopic (exact) mass is 397 g/mol. The number of methoxy groups -OCH3 is 1. The number of hydrogen-bond acceptors (Lipinski definition) is 6. The van der Waals surface area contributed by atoms with Crippen LogP contribution in [-0.2, 0) is 9.47 Å². The first-order valence-electron chi connectivity index (χ1n) is 9.43. The molecule has 1 fully saturated rings. The van der Waals surface area contributed by atoms with Crippen molar-refractivity contribution in [2.24, 2.45) is 0 Å². The fourth-order valence-corrected chi connectivity index (χ4v) is 3.20. The third-order valence-corrected chi connectivity index (χ3v) is 4.66. The van der Waals surface area contributed by atoms with Crippen molar-refractivity contribution >= 4 is 22.8 Å². The van der Waals surface area contributed by atoms with Gasteiger partial charge in [0.25, 0.3) is 0 Å². The SMILES string of the molecule is COCC(NC(=O)Nc1cc2[nH]nc(OC3CCOC3)c2cn1)c1ccccc1. The van der Waals surface area contributed by atoms with Crippen LogP contribution in [0.25, 0.3) is 10.9 Å². The maximum absolute atomic E-state index is 12.5. The number of nitrogens with zero attached hydrogens (tertiary/aromatic N) is 2. The van der Waals surface area contributed by atoms with E-state index in [1.54, 1.807) is 19.4 Å². The average molecular weight is 397 g/mol. The first kappa shape index (κ1) is 19.2. The molecule has 3 aromatic rings. The molecule has 4 rings (SSSR count). The van der Waals surface area contributed by atoms with Crippen molar-refractivity contribution in [1.29, 1.82) is 0 Å². The van der Waals surface area contributed by atoms with Crippen LogP contribution in [0.2, 0.25) is 0 Å². The van der Waals surface area contributed by atoms with Crippen molar-refractivity contribution in [3.63, 3.8) is 0 Å². The van der Waals surface area contributed by atoms with E-state index in [-0.39, 0.29) is 18.2 Å². The molecule has 1 saturated heterocycles. The van der Waals surface area contributed by atoms with Crippen LogP contribution < -0.4 is 15.4 Å². The fourth-order valence-electron chi connectivity index (χ4n) is 3.20. The molecular formula is C20H23N5O4. The van der Waals surface area contributed by atoms with Crippen molar-refractivity contribution in [3.05, 3.63) is 48.2 Å². The summed E-state index contributed by atoms with van der Waals surface area (Å²) in [6.07, 6.45) is 2.47. The van der Waals surface area contributed by atoms with Gasteiger partial charge in [-0.3, -0.25) is 10.4 Å². The van der Waals surface area contributed by atoms with E-state index in [0.717, 1.165) is 22.9 Å². The van der Waals surface area contributed by atoms with Crippen LogP contribution in [-0.4, -0.2) is 54.2 Å². The number of aromatic amines is 1. The highest BCUT2D eigenvalue weighted by Gasteiger charge is 2.20. The zero-order chi connectivity index (χ0) is 20.1. The highest BCUT2D eigenvalue weighted by molar-refractivity contribution is 5.92. The molecule has 0 radical (unpaired) electrons. The average Bonchev–Trinajstić information content (AvgIpc) is 3.39. The van der Waals surface area contributed by atoms with Gasteiger partial charge in [-0.2, -0.15) is 0 Å². The number of H-pyrrole nitrogens is 1. The third-order valence-electron chi connectivity index (χ3n) is 4.66. The van der Waals surface area contributed by atoms with E-state index in [1.807, 2.05) is 30.3 Å². The molecule has 0 bridgehead atoms. The molecule has 3 heterocycles. The molecule has 1 aliphatic rings. The Balaban J connectivity index is 1.42. The molecular weight excluding hydrogens is 374 g/mol. The minimum absolute atomic E-state index is 0.000726. The minimum Gasteiger partial charge on any atom is -0.470 e. The minimum atomic E-state index is -0.373. The van der Waals surface area contributed by atoms with Gasteiger partial charge in [0.15, 0.2) is 0 Å². The number of benzene rings is 1. The smallest absolute Gasteiger partial charge is 0.320 e. The van der Waals surface area contributed by atoms with Crippen LogP contribution in [0.4, 0.5) is 10.6 Å². The molecule has 1 aromatic carbocycles. The lowest BCUT2D eigenvalue weighted by molar-refractivity contribution is 0.139. The van der Waals surface area contributed by atoms with Crippen LogP contribution in [0.1, 0.15) is 18.0 Å². The number of hydrogen-bond donors (Lipinski definition) is 3. The van der Waals surface area contributed by atoms with Crippen LogP contribution in [0, 0.1) is 0 Å². The largest absolute Gasteiger partial charge is 0.470 e. The molecule has 3 N–H and O–H groups in total. The van der Waals surface area contributed by atoms with Crippen molar-refractivity contribution in [2.45, 2.75) is 18.6 Å². The van der Waals surface area contributed by atoms with E-state index < -0.39 is 0 Å². The van der Waals surface area contributed by atoms with Gasteiger partial charge < -0.3 is 19.5 Å². The molecule has 152 valence electrons. The zero-order valence-corrected chi connectivity index (χ0v) is 16.1. The lowest BCUT2D eigenvalue weighted by atomic mass is 10.1. The number of fused-ring (bicyclic) bond motifs is 1. The van der Waals surface area contributed by atoms with Gasteiger partial charge in [-0.25, -0.2) is 9.78 Å². The van der Waals surface area contributed by atoms with Crippen LogP contribution >= 0.6 is 0 Å². The normalized spacial score (nSPS) is 17.2. The van der Waals surface area contributed by atoms with Gasteiger partial charge in [0.05, 0.1) is 36.8 Å². The van der Waals surface area contributed by atoms with E-state index in [0.29, 0.717) is 31.5 Å². The Bertz CT molecular complexity index is 956. The number of carbonyl (C=O) groups is 1. The number of nitrogens with one attached hydrogen (secondary N) is 3. The summed E-state index contributed by atoms with van der Waals surface area (Å²) in [4.78, 5) is 16.8. The molecule has 0 spiro atoms. The Hall–Kier alpha value is -3.17. The quantitative estimate of drug-likeness (QED) is 0.565. The number of pyridine rings is 1. The molecule has 2 unspecified atom stereocenters. The molecule has 9 heteroatoms. The topological polar surface area (TPSA) is 110 Å². The van der Waals surface area contributed by atoms with Crippen molar-refractivity contribution in [3.8, 4) is 5.88 Å². The summed E-state index contributed by atoms with van der Waals surface area (Å²) in [6, 6.07) is 10.7. The molecule has 2 amide bonds. The van der Waals surface area contributed by atoms with E-state index in [4.69, 9.17) is 14.2 Å². The third kappa shape index (κ3) is 4.64. The first-order valence-corrected chi connectivity index (χ1v) is 9.43. The van der Waals surface area contributed by atoms with E-state index in [9.17, 15) is 4.79 Å². The molecule has 0 aliphatic carbocycles. The Morgan fingerprint density at radius 2 is 2.24 bits per heavy atom. The van der Waals surface area contributed by atoms with Crippen molar-refractivity contribution in [2.75, 3.05) is 32.2 Å². The number of aromatic nitrogens is 3. The fraction of sp³-hybridized carbons (Fsp3) is 0.350. The Morgan fingerprint density at radius 1 is 1.38 bits per heavy atom. The van der Waals surface area contributed by atoms with Gasteiger partial charge in [-0.15, -0.1) is 5.10 Å². The summed E-state index contributed by atoms with van der Waals surface area (Å²) < 4.78 is 16.4. The molecule has 1 aliphatic heterocycles. The standard InChI is InChI=1S/C20H23N5O4/c1-27-12-17(13-5-3-2-4-6-13)22-20(26)23-18-9-16-15(10-21-18)19(25-24-16)29-14-7-8-28-11-14/h2-6,9-10,14,17H,7-8,11-12H2,1H3,(H,24,25)(H2,21,22,23,26). The lowest BCUT2D eigenvalue weighted by Crippen LogP contribution is -2.35. The second kappa shape index (κ2) is 8.89. The summed E-state index contributed by atoms with van der Waals surface area (Å²) in [7, 11) is 1.60. The zero-order valence-electron chi connectivity index (χ0n) is 16.1. The van der Waals surface area contributed by atoms with Gasteiger partial charge >= 0.3 is 6.03 Å². The summed E-state index contributed by atoms with van der Waals surface area (Å²) >= 11 is 0. The van der Waals surface area contributed by atoms with Gasteiger partial charge in [-0.1, -0.05) is 30.3 Å². The van der Waals surface area contributed by atoms with E-state index >= 15 is 0 Å². The van der Waals surface area contributed by atoms with Gasteiger partial charge in [0, 0.05) is 25.8 Å². The van der Waals surface area contributed by atoms with Gasteiger partial charge in [-0.05, 0) is 5.56 Å². The first-order chi connectivity index (χ1) is 14.2. The number of rotatable bonds is 7. The number of carbonyl (C=O) groups excluding carboxylic acids is 1. The predicted octanol–water partition coefficient (Wildman–Crippen LogP) is 2.63. The molecule has 9 nitrogen and oxygen atoms in total. The van der Waals surface area contributed by atoms with Crippen molar-refractivity contribution < 1.29 is 19.0 Å². The predicted molar refractivity (Wildman–Crippen MR) is 107 cm³/mol. The summed E-state index contributed by atoms with van der Waals surface area (Å²) in [5, 5.41) is 13.5. The highest BCUT2D eigenvalue weighted by atomic mass is 16.5. The summed E-state index contributed by atoms with van der Waals surface area (Å²) in [5.74, 6) is 0.891. The maximum Gasteiger partial charge on any atom is 0.320 e. The van der Waals surface area contributed by atoms with Crippen LogP contribution in [0.3, 0.4) is 0 Å². The number of ether oxygens (including phenoxy) is 3. The van der Waals surface area contributed by atoms with Crippen LogP contribution in [0.15, 0.2) is 42.6 Å². The number of anilines is 1. The Morgan fingerprint density at radius 3 is 3.00 bits per heavy atom. The van der Waals surface area contributed by atoms with E-state index in [1.165, 1.54) is 0 Å². The summed E-state index contributed by atoms with van der Waals surface area (Å²) in [5.41, 5.74) is 1.68. The summed E-state index contributed by atoms with van der Waals surface area (Å²) in [6.45, 7) is 1.61. The van der Waals surface area contributed by atoms with Gasteiger partial charge in [0.2, 0.25) is 5.88 Å². The molecule has 0 saturated carbocycles. The Labute approximate surface area is 167 Å². The second-order valence-electron chi connectivity index (χ2n) is 6.76. The van der Waals surface area contributed by atoms with Crippen molar-refractivity contribution in [1.82, 2.24) is 20.5 Å². The number of urea groups is 1. The highest BCUT2D eigenvalue weighted by Crippen LogP contribution is 2.25. The molecule has 2 aromatic heterocycles. The maximum atomic E-state index is 12.5. The molecule has 2 atom stereocenters. The second-order valence-corrected chi connectivity index (χ2v) is 6.76. The molecule has 29 heavy (non-hydrogen) atoms. The lowest BCUT2D eigenvalue weighted by Gasteiger charge is -2.18. The Kier molecular flexibility index (Phi) is 5.87. The number of amides is 2. The van der Waals surface area contributed by atoms with E-state index in [2.05, 4.69) is 25.8 Å².